The summed E-state index contributed by atoms with van der Waals surface area (Å²) in [5.41, 5.74) is 17.7. The zero-order chi connectivity index (χ0) is 25.2. The highest BCUT2D eigenvalue weighted by molar-refractivity contribution is 7.82. The van der Waals surface area contributed by atoms with Gasteiger partial charge in [0.15, 0.2) is 17.5 Å². The van der Waals surface area contributed by atoms with Gasteiger partial charge >= 0.3 is 0 Å². The second kappa shape index (κ2) is 12.8. The monoisotopic (exact) mass is 484 g/mol. The Kier molecular flexibility index (Phi) is 11.1. The van der Waals surface area contributed by atoms with E-state index in [9.17, 15) is 9.00 Å². The molecule has 11 nitrogen and oxygen atoms in total. The third kappa shape index (κ3) is 9.60. The molecule has 1 amide bonds. The molecule has 12 heteroatoms. The Morgan fingerprint density at radius 1 is 1.06 bits per heavy atom. The largest absolute Gasteiger partial charge is 0.382 e. The number of anilines is 2. The van der Waals surface area contributed by atoms with Crippen molar-refractivity contribution in [2.75, 3.05) is 37.0 Å². The first kappa shape index (κ1) is 28.7. The third-order valence-corrected chi connectivity index (χ3v) is 6.86. The number of carbonyl (C=O) groups excluding carboxylic acids is 1. The molecule has 1 aromatic heterocycles. The van der Waals surface area contributed by atoms with Crippen molar-refractivity contribution in [3.63, 3.8) is 0 Å². The number of carbonyl (C=O) groups is 1. The van der Waals surface area contributed by atoms with Gasteiger partial charge in [-0.1, -0.05) is 27.7 Å². The van der Waals surface area contributed by atoms with Crippen LogP contribution in [-0.4, -0.2) is 51.6 Å². The molecule has 0 aliphatic carbocycles. The van der Waals surface area contributed by atoms with E-state index < -0.39 is 16.9 Å². The Morgan fingerprint density at radius 2 is 1.70 bits per heavy atom. The third-order valence-electron chi connectivity index (χ3n) is 6.17. The number of rotatable bonds is 13. The van der Waals surface area contributed by atoms with Crippen LogP contribution in [-0.2, 0) is 15.7 Å². The van der Waals surface area contributed by atoms with Crippen molar-refractivity contribution in [3.8, 4) is 0 Å². The van der Waals surface area contributed by atoms with Gasteiger partial charge in [0.25, 0.3) is 5.91 Å². The molecule has 33 heavy (non-hydrogen) atoms. The molecule has 0 spiro atoms. The zero-order valence-electron chi connectivity index (χ0n) is 20.4. The highest BCUT2D eigenvalue weighted by atomic mass is 32.2. The Bertz CT molecular complexity index is 858. The lowest BCUT2D eigenvalue weighted by Crippen LogP contribution is -2.38. The molecular weight excluding hydrogens is 444 g/mol. The van der Waals surface area contributed by atoms with Gasteiger partial charge in [-0.3, -0.25) is 20.2 Å². The highest BCUT2D eigenvalue weighted by Crippen LogP contribution is 2.44. The molecule has 0 aliphatic heterocycles. The van der Waals surface area contributed by atoms with Crippen LogP contribution in [0.25, 0.3) is 0 Å². The molecule has 1 rings (SSSR count). The standard InChI is InChI=1S/C21H40N8O3S/c1-14-16(22)28-17(23)15(27-14)18(30)29-19(24)26-10-6-8-20(2,3)21(4,5)9-12-32-11-7-13-33(25)31/h6-13,25H2,1-5H3,(H4,22,23,28)(H3,24,26,29,30). The second-order valence-electron chi connectivity index (χ2n) is 9.32. The van der Waals surface area contributed by atoms with Crippen LogP contribution in [0.4, 0.5) is 11.6 Å². The Balaban J connectivity index is 2.47. The number of nitrogens with zero attached hydrogens (tertiary/aromatic N) is 3. The van der Waals surface area contributed by atoms with Gasteiger partial charge in [-0.15, -0.1) is 0 Å². The molecule has 0 bridgehead atoms. The van der Waals surface area contributed by atoms with E-state index in [0.29, 0.717) is 37.6 Å². The summed E-state index contributed by atoms with van der Waals surface area (Å²) in [4.78, 5) is 24.5. The maximum Gasteiger partial charge on any atom is 0.280 e. The molecule has 1 aromatic rings. The number of nitrogen functional groups attached to an aromatic ring is 2. The normalized spacial score (nSPS) is 13.7. The van der Waals surface area contributed by atoms with Crippen LogP contribution < -0.4 is 27.7 Å². The van der Waals surface area contributed by atoms with Crippen molar-refractivity contribution in [3.05, 3.63) is 11.4 Å². The number of guanidine groups is 1. The van der Waals surface area contributed by atoms with E-state index in [0.717, 1.165) is 19.3 Å². The minimum atomic E-state index is -1.27. The smallest absolute Gasteiger partial charge is 0.280 e. The average molecular weight is 485 g/mol. The quantitative estimate of drug-likeness (QED) is 0.156. The van der Waals surface area contributed by atoms with Crippen molar-refractivity contribution in [2.45, 2.75) is 60.3 Å². The number of ether oxygens (including phenoxy) is 1. The summed E-state index contributed by atoms with van der Waals surface area (Å²) in [5, 5.41) is 7.73. The topological polar surface area (TPSA) is 198 Å². The maximum absolute atomic E-state index is 12.3. The lowest BCUT2D eigenvalue weighted by molar-refractivity contribution is 0.0376. The number of hydrogen-bond donors (Lipinski definition) is 5. The fourth-order valence-electron chi connectivity index (χ4n) is 3.06. The molecular formula is C21H40N8O3S. The first-order valence-corrected chi connectivity index (χ1v) is 12.4. The van der Waals surface area contributed by atoms with Crippen molar-refractivity contribution in [2.24, 2.45) is 26.7 Å². The maximum atomic E-state index is 12.3. The summed E-state index contributed by atoms with van der Waals surface area (Å²) in [6.07, 6.45) is 3.32. The van der Waals surface area contributed by atoms with Gasteiger partial charge in [0.05, 0.1) is 16.7 Å². The molecule has 0 radical (unpaired) electrons. The van der Waals surface area contributed by atoms with Crippen LogP contribution in [0.5, 0.6) is 0 Å². The van der Waals surface area contributed by atoms with E-state index in [1.165, 1.54) is 0 Å². The van der Waals surface area contributed by atoms with Crippen LogP contribution >= 0.6 is 0 Å². The summed E-state index contributed by atoms with van der Waals surface area (Å²) >= 11 is 0. The minimum absolute atomic E-state index is 0.000413. The van der Waals surface area contributed by atoms with Gasteiger partial charge in [-0.25, -0.2) is 14.2 Å². The highest BCUT2D eigenvalue weighted by Gasteiger charge is 2.35. The number of amides is 1. The van der Waals surface area contributed by atoms with Gasteiger partial charge < -0.3 is 21.9 Å². The van der Waals surface area contributed by atoms with Crippen LogP contribution in [0.3, 0.4) is 0 Å². The number of hydrogen-bond acceptors (Lipinski definition) is 8. The van der Waals surface area contributed by atoms with E-state index in [4.69, 9.17) is 27.1 Å². The van der Waals surface area contributed by atoms with Gasteiger partial charge in [0, 0.05) is 25.5 Å². The molecule has 1 heterocycles. The van der Waals surface area contributed by atoms with Gasteiger partial charge in [0.2, 0.25) is 0 Å². The fraction of sp³-hybridized carbons (Fsp3) is 0.714. The van der Waals surface area contributed by atoms with Crippen LogP contribution in [0.15, 0.2) is 4.99 Å². The SMILES string of the molecule is Cc1nc(C(=O)NC(N)=NCCCC(C)(C)C(C)(C)CCOCCCS(N)=O)c(N)nc1N. The molecule has 9 N–H and O–H groups in total. The molecule has 0 aliphatic rings. The predicted molar refractivity (Wildman–Crippen MR) is 134 cm³/mol. The number of nitrogens with one attached hydrogen (secondary N) is 1. The van der Waals surface area contributed by atoms with E-state index >= 15 is 0 Å². The molecule has 188 valence electrons. The van der Waals surface area contributed by atoms with E-state index in [-0.39, 0.29) is 34.1 Å². The minimum Gasteiger partial charge on any atom is -0.382 e. The molecule has 0 aromatic carbocycles. The summed E-state index contributed by atoms with van der Waals surface area (Å²) in [6.45, 7) is 12.2. The molecule has 1 atom stereocenters. The van der Waals surface area contributed by atoms with Crippen LogP contribution in [0.2, 0.25) is 0 Å². The fourth-order valence-corrected chi connectivity index (χ4v) is 3.46. The van der Waals surface area contributed by atoms with E-state index in [1.807, 2.05) is 0 Å². The predicted octanol–water partition coefficient (Wildman–Crippen LogP) is 1.25. The molecule has 0 saturated carbocycles. The summed E-state index contributed by atoms with van der Waals surface area (Å²) in [5.74, 6) is -0.0137. The van der Waals surface area contributed by atoms with Crippen molar-refractivity contribution >= 4 is 34.5 Å². The van der Waals surface area contributed by atoms with Crippen molar-refractivity contribution in [1.82, 2.24) is 15.3 Å². The number of aliphatic imine (C=N–C) groups is 1. The lowest BCUT2D eigenvalue weighted by atomic mass is 9.64. The van der Waals surface area contributed by atoms with Gasteiger partial charge in [-0.2, -0.15) is 0 Å². The van der Waals surface area contributed by atoms with Crippen molar-refractivity contribution < 1.29 is 13.7 Å². The Hall–Kier alpha value is -2.31. The van der Waals surface area contributed by atoms with Crippen molar-refractivity contribution in [1.29, 1.82) is 0 Å². The number of nitrogens with two attached hydrogens (primary N) is 4. The second-order valence-corrected chi connectivity index (χ2v) is 10.5. The average Bonchev–Trinajstić information content (AvgIpc) is 2.70. The number of aromatic nitrogens is 2. The van der Waals surface area contributed by atoms with E-state index in [2.05, 4.69) is 48.0 Å². The summed E-state index contributed by atoms with van der Waals surface area (Å²) < 4.78 is 16.5. The lowest BCUT2D eigenvalue weighted by Gasteiger charge is -2.42. The summed E-state index contributed by atoms with van der Waals surface area (Å²) in [7, 11) is -1.27. The molecule has 0 fully saturated rings. The number of aryl methyl sites for hydroxylation is 1. The first-order valence-electron chi connectivity index (χ1n) is 11.0. The van der Waals surface area contributed by atoms with Gasteiger partial charge in [0.1, 0.15) is 5.82 Å². The Morgan fingerprint density at radius 3 is 2.33 bits per heavy atom. The first-order chi connectivity index (χ1) is 15.3. The summed E-state index contributed by atoms with van der Waals surface area (Å²) in [6, 6.07) is 0. The molecule has 1 unspecified atom stereocenters. The van der Waals surface area contributed by atoms with Crippen LogP contribution in [0.1, 0.15) is 69.6 Å². The van der Waals surface area contributed by atoms with Crippen LogP contribution in [0, 0.1) is 17.8 Å². The van der Waals surface area contributed by atoms with E-state index in [1.54, 1.807) is 6.92 Å². The Labute approximate surface area is 199 Å². The molecule has 0 saturated heterocycles. The van der Waals surface area contributed by atoms with Gasteiger partial charge in [-0.05, 0) is 43.4 Å². The zero-order valence-corrected chi connectivity index (χ0v) is 21.3.